The lowest BCUT2D eigenvalue weighted by Gasteiger charge is -2.10. The topological polar surface area (TPSA) is 29.1 Å². The van der Waals surface area contributed by atoms with Crippen molar-refractivity contribution in [3.8, 4) is 0 Å². The Morgan fingerprint density at radius 2 is 2.54 bits per heavy atom. The fraction of sp³-hybridized carbons (Fsp3) is 0.444. The first-order valence-corrected chi connectivity index (χ1v) is 5.56. The van der Waals surface area contributed by atoms with Crippen LogP contribution in [0.25, 0.3) is 0 Å². The molecule has 0 aliphatic carbocycles. The lowest BCUT2D eigenvalue weighted by atomic mass is 10.2. The van der Waals surface area contributed by atoms with E-state index in [0.717, 1.165) is 11.3 Å². The number of carbonyl (C=O) groups is 1. The van der Waals surface area contributed by atoms with Gasteiger partial charge in [-0.05, 0) is 24.8 Å². The number of hydrogen-bond donors (Lipinski definition) is 1. The quantitative estimate of drug-likeness (QED) is 0.772. The zero-order valence-electron chi connectivity index (χ0n) is 7.42. The molecule has 1 unspecified atom stereocenters. The average molecular weight is 218 g/mol. The number of rotatable bonds is 4. The largest absolute Gasteiger partial charge is 0.349 e. The average Bonchev–Trinajstić information content (AvgIpc) is 2.55. The molecule has 0 aromatic carbocycles. The molecule has 72 valence electrons. The molecule has 0 spiro atoms. The van der Waals surface area contributed by atoms with Crippen molar-refractivity contribution in [1.82, 2.24) is 5.32 Å². The summed E-state index contributed by atoms with van der Waals surface area (Å²) in [5.74, 6) is 0.568. The van der Waals surface area contributed by atoms with Gasteiger partial charge in [0.1, 0.15) is 0 Å². The Kier molecular flexibility index (Phi) is 4.25. The molecule has 1 rings (SSSR count). The smallest absolute Gasteiger partial charge is 0.261 e. The van der Waals surface area contributed by atoms with E-state index >= 15 is 0 Å². The first-order chi connectivity index (χ1) is 6.24. The lowest BCUT2D eigenvalue weighted by Crippen LogP contribution is -2.32. The minimum absolute atomic E-state index is 0.00684. The number of thiophene rings is 1. The monoisotopic (exact) mass is 217 g/mol. The molecule has 1 amide bonds. The summed E-state index contributed by atoms with van der Waals surface area (Å²) < 4.78 is 0. The van der Waals surface area contributed by atoms with Crippen LogP contribution in [0.4, 0.5) is 0 Å². The Morgan fingerprint density at radius 3 is 3.08 bits per heavy atom. The Bertz CT molecular complexity index is 261. The standard InChI is InChI=1S/C9H12ClNOS/c1-7(4-5-10)11-9(12)8-3-2-6-13-8/h2-3,6-7H,4-5H2,1H3,(H,11,12). The number of nitrogens with one attached hydrogen (secondary N) is 1. The highest BCUT2D eigenvalue weighted by Gasteiger charge is 2.09. The summed E-state index contributed by atoms with van der Waals surface area (Å²) in [4.78, 5) is 12.2. The summed E-state index contributed by atoms with van der Waals surface area (Å²) >= 11 is 7.00. The highest BCUT2D eigenvalue weighted by molar-refractivity contribution is 7.12. The Morgan fingerprint density at radius 1 is 1.77 bits per heavy atom. The van der Waals surface area contributed by atoms with E-state index in [1.807, 2.05) is 24.4 Å². The number of carbonyl (C=O) groups excluding carboxylic acids is 1. The maximum absolute atomic E-state index is 11.4. The molecule has 1 aromatic rings. The van der Waals surface area contributed by atoms with Crippen LogP contribution < -0.4 is 5.32 Å². The minimum atomic E-state index is -0.00684. The van der Waals surface area contributed by atoms with Crippen LogP contribution in [0.15, 0.2) is 17.5 Å². The van der Waals surface area contributed by atoms with E-state index in [1.165, 1.54) is 11.3 Å². The fourth-order valence-electron chi connectivity index (χ4n) is 0.939. The van der Waals surface area contributed by atoms with Crippen LogP contribution in [0.5, 0.6) is 0 Å². The maximum atomic E-state index is 11.4. The zero-order chi connectivity index (χ0) is 9.68. The number of alkyl halides is 1. The van der Waals surface area contributed by atoms with Crippen molar-refractivity contribution in [2.24, 2.45) is 0 Å². The molecule has 0 aliphatic rings. The molecule has 1 aromatic heterocycles. The van der Waals surface area contributed by atoms with Gasteiger partial charge in [-0.3, -0.25) is 4.79 Å². The van der Waals surface area contributed by atoms with E-state index in [-0.39, 0.29) is 11.9 Å². The molecule has 1 N–H and O–H groups in total. The molecule has 13 heavy (non-hydrogen) atoms. The van der Waals surface area contributed by atoms with E-state index in [9.17, 15) is 4.79 Å². The molecule has 4 heteroatoms. The molecule has 2 nitrogen and oxygen atoms in total. The van der Waals surface area contributed by atoms with Crippen molar-refractivity contribution in [3.63, 3.8) is 0 Å². The van der Waals surface area contributed by atoms with Gasteiger partial charge in [0.25, 0.3) is 5.91 Å². The zero-order valence-corrected chi connectivity index (χ0v) is 8.99. The molecular weight excluding hydrogens is 206 g/mol. The molecule has 0 bridgehead atoms. The van der Waals surface area contributed by atoms with Gasteiger partial charge in [-0.25, -0.2) is 0 Å². The van der Waals surface area contributed by atoms with Crippen LogP contribution in [0.1, 0.15) is 23.0 Å². The van der Waals surface area contributed by atoms with Crippen molar-refractivity contribution in [2.45, 2.75) is 19.4 Å². The van der Waals surface area contributed by atoms with Crippen molar-refractivity contribution in [1.29, 1.82) is 0 Å². The first kappa shape index (κ1) is 10.5. The van der Waals surface area contributed by atoms with Crippen LogP contribution in [0, 0.1) is 0 Å². The minimum Gasteiger partial charge on any atom is -0.349 e. The van der Waals surface area contributed by atoms with Gasteiger partial charge in [-0.15, -0.1) is 22.9 Å². The number of halogens is 1. The molecule has 0 saturated carbocycles. The van der Waals surface area contributed by atoms with Crippen molar-refractivity contribution < 1.29 is 4.79 Å². The third-order valence-corrected chi connectivity index (χ3v) is 2.75. The molecular formula is C9H12ClNOS. The summed E-state index contributed by atoms with van der Waals surface area (Å²) in [6, 6.07) is 3.83. The molecule has 1 heterocycles. The molecule has 0 aliphatic heterocycles. The van der Waals surface area contributed by atoms with Crippen molar-refractivity contribution >= 4 is 28.8 Å². The Balaban J connectivity index is 2.42. The molecule has 0 fully saturated rings. The summed E-state index contributed by atoms with van der Waals surface area (Å²) in [7, 11) is 0. The fourth-order valence-corrected chi connectivity index (χ4v) is 1.89. The van der Waals surface area contributed by atoms with Gasteiger partial charge < -0.3 is 5.32 Å². The first-order valence-electron chi connectivity index (χ1n) is 4.14. The van der Waals surface area contributed by atoms with Crippen LogP contribution in [-0.2, 0) is 0 Å². The van der Waals surface area contributed by atoms with Gasteiger partial charge in [0.15, 0.2) is 0 Å². The summed E-state index contributed by atoms with van der Waals surface area (Å²) in [6.45, 7) is 1.95. The van der Waals surface area contributed by atoms with E-state index in [2.05, 4.69) is 5.32 Å². The molecule has 0 saturated heterocycles. The van der Waals surface area contributed by atoms with Gasteiger partial charge >= 0.3 is 0 Å². The van der Waals surface area contributed by atoms with Crippen LogP contribution in [0.2, 0.25) is 0 Å². The van der Waals surface area contributed by atoms with E-state index in [1.54, 1.807) is 0 Å². The highest BCUT2D eigenvalue weighted by atomic mass is 35.5. The highest BCUT2D eigenvalue weighted by Crippen LogP contribution is 2.08. The van der Waals surface area contributed by atoms with Crippen molar-refractivity contribution in [3.05, 3.63) is 22.4 Å². The maximum Gasteiger partial charge on any atom is 0.261 e. The van der Waals surface area contributed by atoms with Gasteiger partial charge in [-0.1, -0.05) is 6.07 Å². The van der Waals surface area contributed by atoms with E-state index in [0.29, 0.717) is 5.88 Å². The second-order valence-electron chi connectivity index (χ2n) is 2.83. The SMILES string of the molecule is CC(CCCl)NC(=O)c1cccs1. The number of hydrogen-bond acceptors (Lipinski definition) is 2. The second kappa shape index (κ2) is 5.25. The third-order valence-electron chi connectivity index (χ3n) is 1.66. The van der Waals surface area contributed by atoms with Crippen LogP contribution >= 0.6 is 22.9 Å². The summed E-state index contributed by atoms with van der Waals surface area (Å²) in [5, 5.41) is 4.76. The van der Waals surface area contributed by atoms with Crippen LogP contribution in [0.3, 0.4) is 0 Å². The third kappa shape index (κ3) is 3.36. The van der Waals surface area contributed by atoms with Crippen LogP contribution in [-0.4, -0.2) is 17.8 Å². The Hall–Kier alpha value is -0.540. The normalized spacial score (nSPS) is 12.5. The van der Waals surface area contributed by atoms with E-state index in [4.69, 9.17) is 11.6 Å². The second-order valence-corrected chi connectivity index (χ2v) is 4.16. The number of amides is 1. The summed E-state index contributed by atoms with van der Waals surface area (Å²) in [5.41, 5.74) is 0. The van der Waals surface area contributed by atoms with E-state index < -0.39 is 0 Å². The van der Waals surface area contributed by atoms with Gasteiger partial charge in [0, 0.05) is 11.9 Å². The summed E-state index contributed by atoms with van der Waals surface area (Å²) in [6.07, 6.45) is 0.804. The van der Waals surface area contributed by atoms with Gasteiger partial charge in [-0.2, -0.15) is 0 Å². The van der Waals surface area contributed by atoms with Gasteiger partial charge in [0.05, 0.1) is 4.88 Å². The molecule has 1 atom stereocenters. The predicted octanol–water partition coefficient (Wildman–Crippen LogP) is 2.50. The van der Waals surface area contributed by atoms with Gasteiger partial charge in [0.2, 0.25) is 0 Å². The van der Waals surface area contributed by atoms with Crippen molar-refractivity contribution in [2.75, 3.05) is 5.88 Å². The molecule has 0 radical (unpaired) electrons. The predicted molar refractivity (Wildman–Crippen MR) is 56.6 cm³/mol. The Labute approximate surface area is 86.9 Å². The lowest BCUT2D eigenvalue weighted by molar-refractivity contribution is 0.0943.